The van der Waals surface area contributed by atoms with Crippen molar-refractivity contribution >= 4 is 23.3 Å². The fourth-order valence-corrected chi connectivity index (χ4v) is 6.99. The lowest BCUT2D eigenvalue weighted by molar-refractivity contribution is -0.384. The van der Waals surface area contributed by atoms with Gasteiger partial charge in [0.2, 0.25) is 5.91 Å². The van der Waals surface area contributed by atoms with Crippen molar-refractivity contribution in [2.45, 2.75) is 50.5 Å². The van der Waals surface area contributed by atoms with Crippen LogP contribution in [-0.2, 0) is 4.79 Å². The van der Waals surface area contributed by atoms with Crippen LogP contribution >= 0.6 is 0 Å². The molecule has 4 saturated carbocycles. The molecular formula is C24H33N5O4. The number of carbonyl (C=O) groups is 2. The molecule has 6 rings (SSSR count). The Morgan fingerprint density at radius 3 is 2.09 bits per heavy atom. The van der Waals surface area contributed by atoms with Gasteiger partial charge in [-0.2, -0.15) is 0 Å². The number of amides is 3. The van der Waals surface area contributed by atoms with Gasteiger partial charge in [0.1, 0.15) is 0 Å². The number of hydrogen-bond donors (Lipinski definition) is 2. The zero-order valence-electron chi connectivity index (χ0n) is 19.0. The Morgan fingerprint density at radius 2 is 1.55 bits per heavy atom. The number of nitro benzene ring substituents is 1. The summed E-state index contributed by atoms with van der Waals surface area (Å²) in [5.41, 5.74) is 0.986. The summed E-state index contributed by atoms with van der Waals surface area (Å²) in [7, 11) is 0. The molecular weight excluding hydrogens is 422 g/mol. The van der Waals surface area contributed by atoms with Crippen LogP contribution in [0.15, 0.2) is 24.3 Å². The number of piperazine rings is 1. The van der Waals surface area contributed by atoms with Crippen molar-refractivity contribution in [1.82, 2.24) is 15.5 Å². The van der Waals surface area contributed by atoms with Crippen LogP contribution in [0.2, 0.25) is 0 Å². The van der Waals surface area contributed by atoms with E-state index in [1.54, 1.807) is 12.1 Å². The number of hydrogen-bond acceptors (Lipinski definition) is 5. The van der Waals surface area contributed by atoms with E-state index in [0.717, 1.165) is 42.7 Å². The van der Waals surface area contributed by atoms with E-state index in [1.807, 2.05) is 4.90 Å². The molecule has 0 atom stereocenters. The number of nitrogens with one attached hydrogen (secondary N) is 2. The van der Waals surface area contributed by atoms with E-state index in [0.29, 0.717) is 39.1 Å². The molecule has 9 heteroatoms. The molecule has 3 amide bonds. The van der Waals surface area contributed by atoms with Crippen LogP contribution in [0, 0.1) is 27.9 Å². The normalized spacial score (nSPS) is 30.2. The highest BCUT2D eigenvalue weighted by atomic mass is 16.6. The number of rotatable bonds is 6. The monoisotopic (exact) mass is 455 g/mol. The number of anilines is 1. The largest absolute Gasteiger partial charge is 0.368 e. The predicted octanol–water partition coefficient (Wildman–Crippen LogP) is 2.90. The zero-order chi connectivity index (χ0) is 23.0. The molecule has 5 fully saturated rings. The van der Waals surface area contributed by atoms with Crippen LogP contribution in [0.3, 0.4) is 0 Å². The quantitative estimate of drug-likeness (QED) is 0.507. The fourth-order valence-electron chi connectivity index (χ4n) is 6.99. The van der Waals surface area contributed by atoms with Gasteiger partial charge in [-0.25, -0.2) is 4.79 Å². The molecule has 0 aromatic heterocycles. The lowest BCUT2D eigenvalue weighted by atomic mass is 9.53. The SMILES string of the molecule is O=C(NCCC(=O)N1CCN(c2ccc([N+](=O)[O-])cc2)CC1)NC12CC3CC(CC(C3)C1)C2. The Kier molecular flexibility index (Phi) is 5.88. The van der Waals surface area contributed by atoms with Crippen molar-refractivity contribution in [2.24, 2.45) is 17.8 Å². The summed E-state index contributed by atoms with van der Waals surface area (Å²) in [6.07, 6.45) is 7.67. The standard InChI is InChI=1S/C24H33N5O4/c30-22(28-9-7-27(8-10-28)20-1-3-21(4-2-20)29(32)33)5-6-25-23(31)26-24-14-17-11-18(15-24)13-19(12-17)16-24/h1-4,17-19H,5-16H2,(H2,25,26,31). The molecule has 1 aliphatic heterocycles. The van der Waals surface area contributed by atoms with Gasteiger partial charge in [0.05, 0.1) is 4.92 Å². The van der Waals surface area contributed by atoms with Crippen LogP contribution in [-0.4, -0.2) is 60.0 Å². The molecule has 0 unspecified atom stereocenters. The molecule has 1 heterocycles. The highest BCUT2D eigenvalue weighted by molar-refractivity contribution is 5.79. The van der Waals surface area contributed by atoms with Gasteiger partial charge < -0.3 is 20.4 Å². The summed E-state index contributed by atoms with van der Waals surface area (Å²) < 4.78 is 0. The third-order valence-corrected chi connectivity index (χ3v) is 8.10. The predicted molar refractivity (Wildman–Crippen MR) is 124 cm³/mol. The van der Waals surface area contributed by atoms with E-state index in [1.165, 1.54) is 31.4 Å². The maximum atomic E-state index is 12.6. The lowest BCUT2D eigenvalue weighted by Gasteiger charge is -2.56. The molecule has 4 bridgehead atoms. The highest BCUT2D eigenvalue weighted by Gasteiger charge is 2.51. The van der Waals surface area contributed by atoms with Crippen molar-refractivity contribution in [1.29, 1.82) is 0 Å². The fraction of sp³-hybridized carbons (Fsp3) is 0.667. The Bertz CT molecular complexity index is 875. The topological polar surface area (TPSA) is 108 Å². The first-order chi connectivity index (χ1) is 15.9. The second kappa shape index (κ2) is 8.83. The van der Waals surface area contributed by atoms with E-state index in [-0.39, 0.29) is 23.2 Å². The van der Waals surface area contributed by atoms with Crippen molar-refractivity contribution in [3.05, 3.63) is 34.4 Å². The minimum absolute atomic E-state index is 0.0168. The first-order valence-electron chi connectivity index (χ1n) is 12.2. The summed E-state index contributed by atoms with van der Waals surface area (Å²) in [6, 6.07) is 6.39. The first-order valence-corrected chi connectivity index (χ1v) is 12.2. The van der Waals surface area contributed by atoms with E-state index in [4.69, 9.17) is 0 Å². The molecule has 0 radical (unpaired) electrons. The summed E-state index contributed by atoms with van der Waals surface area (Å²) in [4.78, 5) is 39.5. The number of carbonyl (C=O) groups excluding carboxylic acids is 2. The van der Waals surface area contributed by atoms with Crippen molar-refractivity contribution < 1.29 is 14.5 Å². The first kappa shape index (κ1) is 22.0. The maximum Gasteiger partial charge on any atom is 0.315 e. The molecule has 2 N–H and O–H groups in total. The van der Waals surface area contributed by atoms with Gasteiger partial charge in [-0.05, 0) is 68.4 Å². The van der Waals surface area contributed by atoms with Gasteiger partial charge in [-0.1, -0.05) is 0 Å². The van der Waals surface area contributed by atoms with E-state index >= 15 is 0 Å². The lowest BCUT2D eigenvalue weighted by Crippen LogP contribution is -2.61. The van der Waals surface area contributed by atoms with Gasteiger partial charge >= 0.3 is 6.03 Å². The third kappa shape index (κ3) is 4.77. The van der Waals surface area contributed by atoms with E-state index in [2.05, 4.69) is 15.5 Å². The molecule has 5 aliphatic rings. The Labute approximate surface area is 194 Å². The molecule has 1 aromatic rings. The number of nitro groups is 1. The Morgan fingerprint density at radius 1 is 0.970 bits per heavy atom. The van der Waals surface area contributed by atoms with Gasteiger partial charge in [-0.15, -0.1) is 0 Å². The Balaban J connectivity index is 1.03. The summed E-state index contributed by atoms with van der Waals surface area (Å²) in [6.45, 7) is 2.93. The number of non-ortho nitro benzene ring substituents is 1. The summed E-state index contributed by atoms with van der Waals surface area (Å²) >= 11 is 0. The smallest absolute Gasteiger partial charge is 0.315 e. The van der Waals surface area contributed by atoms with Crippen LogP contribution in [0.5, 0.6) is 0 Å². The number of nitrogens with zero attached hydrogens (tertiary/aromatic N) is 3. The van der Waals surface area contributed by atoms with Crippen LogP contribution in [0.1, 0.15) is 44.9 Å². The second-order valence-corrected chi connectivity index (χ2v) is 10.5. The average Bonchev–Trinajstić information content (AvgIpc) is 2.78. The second-order valence-electron chi connectivity index (χ2n) is 10.5. The van der Waals surface area contributed by atoms with Crippen molar-refractivity contribution in [3.8, 4) is 0 Å². The van der Waals surface area contributed by atoms with Crippen LogP contribution < -0.4 is 15.5 Å². The maximum absolute atomic E-state index is 12.6. The molecule has 33 heavy (non-hydrogen) atoms. The van der Waals surface area contributed by atoms with E-state index in [9.17, 15) is 19.7 Å². The van der Waals surface area contributed by atoms with Gasteiger partial charge in [0.25, 0.3) is 5.69 Å². The molecule has 4 aliphatic carbocycles. The minimum atomic E-state index is -0.405. The number of benzene rings is 1. The van der Waals surface area contributed by atoms with Gasteiger partial charge in [0.15, 0.2) is 0 Å². The van der Waals surface area contributed by atoms with Gasteiger partial charge in [0, 0.05) is 62.5 Å². The van der Waals surface area contributed by atoms with E-state index < -0.39 is 4.92 Å². The molecule has 0 spiro atoms. The van der Waals surface area contributed by atoms with Crippen molar-refractivity contribution in [2.75, 3.05) is 37.6 Å². The summed E-state index contributed by atoms with van der Waals surface area (Å²) in [5, 5.41) is 17.0. The Hall–Kier alpha value is -2.84. The van der Waals surface area contributed by atoms with Crippen molar-refractivity contribution in [3.63, 3.8) is 0 Å². The molecule has 1 saturated heterocycles. The molecule has 1 aromatic carbocycles. The molecule has 178 valence electrons. The highest BCUT2D eigenvalue weighted by Crippen LogP contribution is 2.55. The van der Waals surface area contributed by atoms with Gasteiger partial charge in [-0.3, -0.25) is 14.9 Å². The zero-order valence-corrected chi connectivity index (χ0v) is 19.0. The number of urea groups is 1. The third-order valence-electron chi connectivity index (χ3n) is 8.10. The van der Waals surface area contributed by atoms with Crippen LogP contribution in [0.4, 0.5) is 16.2 Å². The summed E-state index contributed by atoms with van der Waals surface area (Å²) in [5.74, 6) is 2.39. The average molecular weight is 456 g/mol. The minimum Gasteiger partial charge on any atom is -0.368 e. The van der Waals surface area contributed by atoms with Crippen LogP contribution in [0.25, 0.3) is 0 Å². The molecule has 9 nitrogen and oxygen atoms in total.